The molecule has 0 bridgehead atoms. The fraction of sp³-hybridized carbons (Fsp3) is 0. The van der Waals surface area contributed by atoms with Crippen LogP contribution in [0.5, 0.6) is 0 Å². The van der Waals surface area contributed by atoms with Crippen molar-refractivity contribution in [2.75, 3.05) is 0 Å². The van der Waals surface area contributed by atoms with Crippen molar-refractivity contribution in [1.29, 1.82) is 0 Å². The summed E-state index contributed by atoms with van der Waals surface area (Å²) >= 11 is 0. The molecule has 20 heavy (non-hydrogen) atoms. The second-order valence-electron chi connectivity index (χ2n) is 4.90. The van der Waals surface area contributed by atoms with Crippen LogP contribution in [-0.2, 0) is 0 Å². The number of hydrogen-bond acceptors (Lipinski definition) is 1. The van der Waals surface area contributed by atoms with Gasteiger partial charge in [0.1, 0.15) is 0 Å². The molecule has 0 spiro atoms. The molecule has 1 heterocycles. The first-order valence-electron chi connectivity index (χ1n) is 6.75. The van der Waals surface area contributed by atoms with E-state index in [9.17, 15) is 0 Å². The maximum atomic E-state index is 4.45. The van der Waals surface area contributed by atoms with Crippen molar-refractivity contribution in [3.8, 4) is 11.1 Å². The maximum Gasteiger partial charge on any atom is 0.0708 e. The number of fused-ring (bicyclic) bond motifs is 2. The van der Waals surface area contributed by atoms with Gasteiger partial charge < -0.3 is 0 Å². The highest BCUT2D eigenvalue weighted by molar-refractivity contribution is 6.04. The number of pyridine rings is 1. The van der Waals surface area contributed by atoms with E-state index < -0.39 is 0 Å². The Morgan fingerprint density at radius 2 is 1.25 bits per heavy atom. The molecule has 3 aromatic carbocycles. The van der Waals surface area contributed by atoms with Crippen LogP contribution in [0.1, 0.15) is 0 Å². The number of aromatic nitrogens is 1. The van der Waals surface area contributed by atoms with Gasteiger partial charge in [-0.1, -0.05) is 60.7 Å². The third-order valence-electron chi connectivity index (χ3n) is 3.73. The van der Waals surface area contributed by atoms with Crippen molar-refractivity contribution in [3.63, 3.8) is 0 Å². The highest BCUT2D eigenvalue weighted by atomic mass is 14.6. The van der Waals surface area contributed by atoms with Gasteiger partial charge in [-0.25, -0.2) is 0 Å². The molecule has 0 aliphatic carbocycles. The monoisotopic (exact) mass is 255 g/mol. The van der Waals surface area contributed by atoms with Crippen LogP contribution >= 0.6 is 0 Å². The number of hydrogen-bond donors (Lipinski definition) is 0. The molecule has 0 amide bonds. The van der Waals surface area contributed by atoms with Gasteiger partial charge in [0, 0.05) is 11.6 Å². The van der Waals surface area contributed by atoms with Gasteiger partial charge in [0.15, 0.2) is 0 Å². The molecule has 1 heteroatoms. The zero-order chi connectivity index (χ0) is 13.4. The fourth-order valence-corrected chi connectivity index (χ4v) is 2.79. The minimum atomic E-state index is 1.04. The van der Waals surface area contributed by atoms with E-state index in [1.165, 1.54) is 27.3 Å². The standard InChI is InChI=1S/C19H13N/c1-2-8-15-14(6-1)7-5-10-16(15)17-12-13-20-19-11-4-3-9-18(17)19/h1-13H. The van der Waals surface area contributed by atoms with Crippen LogP contribution in [-0.4, -0.2) is 4.98 Å². The number of benzene rings is 3. The molecule has 0 radical (unpaired) electrons. The summed E-state index contributed by atoms with van der Waals surface area (Å²) in [6.07, 6.45) is 1.89. The van der Waals surface area contributed by atoms with Crippen molar-refractivity contribution >= 4 is 21.7 Å². The van der Waals surface area contributed by atoms with Crippen LogP contribution < -0.4 is 0 Å². The second-order valence-corrected chi connectivity index (χ2v) is 4.90. The fourth-order valence-electron chi connectivity index (χ4n) is 2.79. The SMILES string of the molecule is c1ccc2c(-c3ccnc4ccccc34)cccc2c1. The van der Waals surface area contributed by atoms with E-state index in [4.69, 9.17) is 0 Å². The summed E-state index contributed by atoms with van der Waals surface area (Å²) in [5.41, 5.74) is 3.55. The van der Waals surface area contributed by atoms with Crippen molar-refractivity contribution in [2.24, 2.45) is 0 Å². The minimum Gasteiger partial charge on any atom is -0.256 e. The van der Waals surface area contributed by atoms with E-state index in [2.05, 4.69) is 71.7 Å². The maximum absolute atomic E-state index is 4.45. The van der Waals surface area contributed by atoms with Gasteiger partial charge in [0.25, 0.3) is 0 Å². The quantitative estimate of drug-likeness (QED) is 0.463. The number of nitrogens with zero attached hydrogens (tertiary/aromatic N) is 1. The van der Waals surface area contributed by atoms with E-state index in [0.717, 1.165) is 5.52 Å². The van der Waals surface area contributed by atoms with Gasteiger partial charge >= 0.3 is 0 Å². The molecule has 0 unspecified atom stereocenters. The molecule has 94 valence electrons. The summed E-state index contributed by atoms with van der Waals surface area (Å²) in [5, 5.41) is 3.75. The van der Waals surface area contributed by atoms with Gasteiger partial charge in [-0.15, -0.1) is 0 Å². The molecule has 0 saturated carbocycles. The van der Waals surface area contributed by atoms with E-state index in [1.54, 1.807) is 0 Å². The molecule has 0 aliphatic heterocycles. The van der Waals surface area contributed by atoms with Crippen LogP contribution in [0.2, 0.25) is 0 Å². The normalized spacial score (nSPS) is 11.0. The topological polar surface area (TPSA) is 12.9 Å². The Hall–Kier alpha value is -2.67. The van der Waals surface area contributed by atoms with Crippen molar-refractivity contribution in [2.45, 2.75) is 0 Å². The Balaban J connectivity index is 2.12. The zero-order valence-corrected chi connectivity index (χ0v) is 11.0. The van der Waals surface area contributed by atoms with Crippen molar-refractivity contribution in [3.05, 3.63) is 79.0 Å². The molecule has 1 aromatic heterocycles. The predicted molar refractivity (Wildman–Crippen MR) is 84.7 cm³/mol. The highest BCUT2D eigenvalue weighted by Gasteiger charge is 2.07. The Morgan fingerprint density at radius 1 is 0.550 bits per heavy atom. The first kappa shape index (κ1) is 11.2. The Kier molecular flexibility index (Phi) is 2.49. The number of rotatable bonds is 1. The lowest BCUT2D eigenvalue weighted by atomic mass is 9.96. The van der Waals surface area contributed by atoms with E-state index in [-0.39, 0.29) is 0 Å². The molecule has 4 rings (SSSR count). The summed E-state index contributed by atoms with van der Waals surface area (Å²) in [4.78, 5) is 4.45. The smallest absolute Gasteiger partial charge is 0.0708 e. The summed E-state index contributed by atoms with van der Waals surface area (Å²) < 4.78 is 0. The second kappa shape index (κ2) is 4.46. The van der Waals surface area contributed by atoms with Gasteiger partial charge in [-0.3, -0.25) is 4.98 Å². The van der Waals surface area contributed by atoms with Gasteiger partial charge in [0.2, 0.25) is 0 Å². The summed E-state index contributed by atoms with van der Waals surface area (Å²) in [7, 11) is 0. The lowest BCUT2D eigenvalue weighted by Gasteiger charge is -2.09. The molecular weight excluding hydrogens is 242 g/mol. The lowest BCUT2D eigenvalue weighted by molar-refractivity contribution is 1.41. The predicted octanol–water partition coefficient (Wildman–Crippen LogP) is 5.06. The van der Waals surface area contributed by atoms with E-state index >= 15 is 0 Å². The van der Waals surface area contributed by atoms with Crippen LogP contribution in [0.25, 0.3) is 32.8 Å². The molecule has 0 aliphatic rings. The number of para-hydroxylation sites is 1. The Morgan fingerprint density at radius 3 is 2.20 bits per heavy atom. The largest absolute Gasteiger partial charge is 0.256 e. The van der Waals surface area contributed by atoms with Gasteiger partial charge in [-0.2, -0.15) is 0 Å². The Bertz CT molecular complexity index is 821. The summed E-state index contributed by atoms with van der Waals surface area (Å²) in [5.74, 6) is 0. The molecule has 1 nitrogen and oxygen atoms in total. The molecule has 0 N–H and O–H groups in total. The average molecular weight is 255 g/mol. The Labute approximate surface area is 117 Å². The highest BCUT2D eigenvalue weighted by Crippen LogP contribution is 2.32. The molecular formula is C19H13N. The summed E-state index contributed by atoms with van der Waals surface area (Å²) in [6, 6.07) is 25.4. The van der Waals surface area contributed by atoms with Gasteiger partial charge in [0.05, 0.1) is 5.52 Å². The van der Waals surface area contributed by atoms with E-state index in [1.807, 2.05) is 12.3 Å². The van der Waals surface area contributed by atoms with Gasteiger partial charge in [-0.05, 0) is 34.0 Å². The minimum absolute atomic E-state index is 1.04. The third kappa shape index (κ3) is 1.68. The van der Waals surface area contributed by atoms with Crippen LogP contribution in [0.4, 0.5) is 0 Å². The average Bonchev–Trinajstić information content (AvgIpc) is 2.54. The van der Waals surface area contributed by atoms with Crippen LogP contribution in [0.3, 0.4) is 0 Å². The molecule has 0 saturated heterocycles. The van der Waals surface area contributed by atoms with E-state index in [0.29, 0.717) is 0 Å². The zero-order valence-electron chi connectivity index (χ0n) is 11.0. The van der Waals surface area contributed by atoms with Crippen LogP contribution in [0, 0.1) is 0 Å². The first-order chi connectivity index (χ1) is 9.93. The molecule has 0 atom stereocenters. The third-order valence-corrected chi connectivity index (χ3v) is 3.73. The molecule has 4 aromatic rings. The van der Waals surface area contributed by atoms with Crippen molar-refractivity contribution in [1.82, 2.24) is 4.98 Å². The lowest BCUT2D eigenvalue weighted by Crippen LogP contribution is -1.85. The summed E-state index contributed by atoms with van der Waals surface area (Å²) in [6.45, 7) is 0. The van der Waals surface area contributed by atoms with Crippen molar-refractivity contribution < 1.29 is 0 Å². The van der Waals surface area contributed by atoms with Crippen LogP contribution in [0.15, 0.2) is 79.0 Å². The molecule has 0 fully saturated rings. The first-order valence-corrected chi connectivity index (χ1v) is 6.75.